The zero-order valence-corrected chi connectivity index (χ0v) is 18.2. The van der Waals surface area contributed by atoms with Gasteiger partial charge in [-0.05, 0) is 30.3 Å². The molecular formula is C21H20N8O3S. The maximum Gasteiger partial charge on any atom is 0.294 e. The van der Waals surface area contributed by atoms with Crippen LogP contribution in [0.2, 0.25) is 0 Å². The molecule has 0 bridgehead atoms. The molecule has 33 heavy (non-hydrogen) atoms. The monoisotopic (exact) mass is 464 g/mol. The molecule has 168 valence electrons. The van der Waals surface area contributed by atoms with Crippen molar-refractivity contribution in [2.45, 2.75) is 0 Å². The van der Waals surface area contributed by atoms with Crippen molar-refractivity contribution in [3.8, 4) is 11.4 Å². The van der Waals surface area contributed by atoms with Crippen LogP contribution < -0.4 is 21.4 Å². The second kappa shape index (κ2) is 8.94. The Morgan fingerprint density at radius 3 is 2.61 bits per heavy atom. The quantitative estimate of drug-likeness (QED) is 0.197. The third kappa shape index (κ3) is 4.39. The molecule has 4 aromatic rings. The number of benzene rings is 1. The maximum atomic E-state index is 11.4. The number of aromatic nitrogens is 4. The van der Waals surface area contributed by atoms with E-state index >= 15 is 0 Å². The molecule has 5 N–H and O–H groups in total. The first-order valence-corrected chi connectivity index (χ1v) is 11.0. The highest BCUT2D eigenvalue weighted by molar-refractivity contribution is 7.23. The molecule has 1 saturated heterocycles. The number of ether oxygens (including phenoxy) is 1. The Balaban J connectivity index is 1.52. The average Bonchev–Trinajstić information content (AvgIpc) is 3.26. The van der Waals surface area contributed by atoms with Crippen LogP contribution in [0.15, 0.2) is 42.7 Å². The standard InChI is InChI=1S/C21H20N8O3S/c22-13-3-1-12(2-4-13)19-25-14-9-17(26-16-11-23-15(10-24-16)21(30)28-31)33-18(14)20(27-19)29-5-7-32-8-6-29/h1-4,9-11,31H,5-8,22H2,(H,24,26)(H,28,30). The molecule has 0 unspecified atom stereocenters. The number of morpholine rings is 1. The van der Waals surface area contributed by atoms with Gasteiger partial charge in [0.15, 0.2) is 11.6 Å². The number of hydroxylamine groups is 1. The molecular weight excluding hydrogens is 444 g/mol. The molecule has 1 aliphatic rings. The van der Waals surface area contributed by atoms with E-state index in [0.29, 0.717) is 30.5 Å². The molecule has 1 amide bonds. The molecule has 11 nitrogen and oxygen atoms in total. The van der Waals surface area contributed by atoms with Gasteiger partial charge < -0.3 is 20.7 Å². The van der Waals surface area contributed by atoms with Crippen molar-refractivity contribution >= 4 is 49.8 Å². The Hall–Kier alpha value is -3.87. The van der Waals surface area contributed by atoms with Crippen LogP contribution in [-0.2, 0) is 4.74 Å². The Kier molecular flexibility index (Phi) is 5.69. The highest BCUT2D eigenvalue weighted by Crippen LogP contribution is 2.37. The van der Waals surface area contributed by atoms with Crippen LogP contribution in [0.25, 0.3) is 21.6 Å². The highest BCUT2D eigenvalue weighted by atomic mass is 32.1. The number of carbonyl (C=O) groups is 1. The van der Waals surface area contributed by atoms with Gasteiger partial charge in [0.05, 0.1) is 40.8 Å². The Labute approximate surface area is 192 Å². The lowest BCUT2D eigenvalue weighted by molar-refractivity contribution is 0.0700. The first-order valence-electron chi connectivity index (χ1n) is 10.1. The summed E-state index contributed by atoms with van der Waals surface area (Å²) < 4.78 is 6.46. The van der Waals surface area contributed by atoms with Crippen molar-refractivity contribution in [1.82, 2.24) is 25.4 Å². The minimum absolute atomic E-state index is 0.00741. The molecule has 12 heteroatoms. The van der Waals surface area contributed by atoms with Gasteiger partial charge in [0, 0.05) is 24.3 Å². The van der Waals surface area contributed by atoms with Crippen LogP contribution in [-0.4, -0.2) is 57.4 Å². The van der Waals surface area contributed by atoms with E-state index in [1.54, 1.807) is 0 Å². The van der Waals surface area contributed by atoms with Gasteiger partial charge in [-0.2, -0.15) is 0 Å². The lowest BCUT2D eigenvalue weighted by atomic mass is 10.2. The molecule has 1 aromatic carbocycles. The van der Waals surface area contributed by atoms with Crippen molar-refractivity contribution in [3.63, 3.8) is 0 Å². The Morgan fingerprint density at radius 2 is 1.91 bits per heavy atom. The summed E-state index contributed by atoms with van der Waals surface area (Å²) in [6.45, 7) is 2.77. The predicted octanol–water partition coefficient (Wildman–Crippen LogP) is 2.43. The van der Waals surface area contributed by atoms with Crippen molar-refractivity contribution in [2.75, 3.05) is 42.3 Å². The summed E-state index contributed by atoms with van der Waals surface area (Å²) in [7, 11) is 0. The topological polar surface area (TPSA) is 151 Å². The molecule has 1 aliphatic heterocycles. The third-order valence-corrected chi connectivity index (χ3v) is 6.11. The summed E-state index contributed by atoms with van der Waals surface area (Å²) >= 11 is 1.51. The van der Waals surface area contributed by atoms with Gasteiger partial charge in [-0.25, -0.2) is 25.4 Å². The van der Waals surface area contributed by atoms with E-state index in [1.807, 2.05) is 30.3 Å². The summed E-state index contributed by atoms with van der Waals surface area (Å²) in [6, 6.07) is 9.41. The molecule has 0 aliphatic carbocycles. The summed E-state index contributed by atoms with van der Waals surface area (Å²) in [5.74, 6) is 1.20. The molecule has 0 atom stereocenters. The number of carbonyl (C=O) groups excluding carboxylic acids is 1. The zero-order chi connectivity index (χ0) is 22.8. The van der Waals surface area contributed by atoms with E-state index in [-0.39, 0.29) is 5.69 Å². The van der Waals surface area contributed by atoms with E-state index in [0.717, 1.165) is 39.7 Å². The fraction of sp³-hybridized carbons (Fsp3) is 0.190. The van der Waals surface area contributed by atoms with E-state index in [2.05, 4.69) is 20.2 Å². The first kappa shape index (κ1) is 21.0. The van der Waals surface area contributed by atoms with Gasteiger partial charge >= 0.3 is 0 Å². The lowest BCUT2D eigenvalue weighted by Crippen LogP contribution is -2.36. The number of anilines is 4. The second-order valence-electron chi connectivity index (χ2n) is 7.27. The number of thiophene rings is 1. The minimum Gasteiger partial charge on any atom is -0.399 e. The van der Waals surface area contributed by atoms with Crippen molar-refractivity contribution in [2.24, 2.45) is 0 Å². The van der Waals surface area contributed by atoms with Gasteiger partial charge in [0.2, 0.25) is 0 Å². The number of hydrogen-bond acceptors (Lipinski definition) is 11. The number of amides is 1. The smallest absolute Gasteiger partial charge is 0.294 e. The summed E-state index contributed by atoms with van der Waals surface area (Å²) in [5.41, 5.74) is 9.74. The molecule has 0 radical (unpaired) electrons. The van der Waals surface area contributed by atoms with E-state index in [1.165, 1.54) is 29.2 Å². The predicted molar refractivity (Wildman–Crippen MR) is 125 cm³/mol. The van der Waals surface area contributed by atoms with E-state index < -0.39 is 5.91 Å². The average molecular weight is 465 g/mol. The summed E-state index contributed by atoms with van der Waals surface area (Å²) in [5, 5.41) is 12.7. The molecule has 0 saturated carbocycles. The normalized spacial score (nSPS) is 13.8. The number of nitrogen functional groups attached to an aromatic ring is 1. The van der Waals surface area contributed by atoms with Crippen molar-refractivity contribution in [1.29, 1.82) is 0 Å². The Morgan fingerprint density at radius 1 is 1.12 bits per heavy atom. The fourth-order valence-electron chi connectivity index (χ4n) is 3.42. The summed E-state index contributed by atoms with van der Waals surface area (Å²) in [6.07, 6.45) is 2.70. The van der Waals surface area contributed by atoms with Crippen molar-refractivity contribution < 1.29 is 14.7 Å². The van der Waals surface area contributed by atoms with Crippen LogP contribution in [0.4, 0.5) is 22.3 Å². The van der Waals surface area contributed by atoms with Gasteiger partial charge in [0.25, 0.3) is 5.91 Å². The Bertz CT molecular complexity index is 1290. The number of nitrogens with zero attached hydrogens (tertiary/aromatic N) is 5. The molecule has 3 aromatic heterocycles. The largest absolute Gasteiger partial charge is 0.399 e. The van der Waals surface area contributed by atoms with E-state index in [9.17, 15) is 4.79 Å². The molecule has 0 spiro atoms. The zero-order valence-electron chi connectivity index (χ0n) is 17.4. The van der Waals surface area contributed by atoms with E-state index in [4.69, 9.17) is 25.6 Å². The van der Waals surface area contributed by atoms with Gasteiger partial charge in [0.1, 0.15) is 11.5 Å². The molecule has 4 heterocycles. The third-order valence-electron chi connectivity index (χ3n) is 5.07. The number of rotatable bonds is 5. The van der Waals surface area contributed by atoms with Gasteiger partial charge in [-0.15, -0.1) is 11.3 Å². The summed E-state index contributed by atoms with van der Waals surface area (Å²) in [4.78, 5) is 31.5. The van der Waals surface area contributed by atoms with Crippen molar-refractivity contribution in [3.05, 3.63) is 48.4 Å². The highest BCUT2D eigenvalue weighted by Gasteiger charge is 2.20. The van der Waals surface area contributed by atoms with Gasteiger partial charge in [-0.1, -0.05) is 0 Å². The lowest BCUT2D eigenvalue weighted by Gasteiger charge is -2.28. The second-order valence-corrected chi connectivity index (χ2v) is 8.32. The van der Waals surface area contributed by atoms with Crippen LogP contribution in [0.3, 0.4) is 0 Å². The maximum absolute atomic E-state index is 11.4. The van der Waals surface area contributed by atoms with Crippen LogP contribution in [0.1, 0.15) is 10.5 Å². The number of nitrogens with two attached hydrogens (primary N) is 1. The molecule has 5 rings (SSSR count). The number of fused-ring (bicyclic) bond motifs is 1. The van der Waals surface area contributed by atoms with Crippen LogP contribution in [0, 0.1) is 0 Å². The fourth-order valence-corrected chi connectivity index (χ4v) is 4.44. The number of nitrogens with one attached hydrogen (secondary N) is 2. The minimum atomic E-state index is -0.725. The number of hydrogen-bond donors (Lipinski definition) is 4. The molecule has 1 fully saturated rings. The SMILES string of the molecule is Nc1ccc(-c2nc(N3CCOCC3)c3sc(Nc4cnc(C(=O)NO)cn4)cc3n2)cc1. The van der Waals surface area contributed by atoms with Crippen LogP contribution in [0.5, 0.6) is 0 Å². The van der Waals surface area contributed by atoms with Crippen LogP contribution >= 0.6 is 11.3 Å². The van der Waals surface area contributed by atoms with Gasteiger partial charge in [-0.3, -0.25) is 10.0 Å². The first-order chi connectivity index (χ1) is 16.1.